The molecule has 0 unspecified atom stereocenters. The maximum Gasteiger partial charge on any atom is 0.363 e. The lowest BCUT2D eigenvalue weighted by molar-refractivity contribution is 0.207. The molecule has 0 spiro atoms. The SMILES string of the molecule is O=P(OCCCCl)(OCCCCl)C(Cl)Cl. The Bertz CT molecular complexity index is 189. The number of alkyl halides is 4. The average molecular weight is 318 g/mol. The highest BCUT2D eigenvalue weighted by Crippen LogP contribution is 2.56. The molecule has 0 N–H and O–H groups in total. The van der Waals surface area contributed by atoms with Crippen molar-refractivity contribution < 1.29 is 13.6 Å². The van der Waals surface area contributed by atoms with Gasteiger partial charge in [0.15, 0.2) is 0 Å². The molecule has 0 atom stereocenters. The molecule has 92 valence electrons. The minimum atomic E-state index is -3.44. The van der Waals surface area contributed by atoms with Gasteiger partial charge in [-0.05, 0) is 12.8 Å². The summed E-state index contributed by atoms with van der Waals surface area (Å²) in [6.07, 6.45) is 1.12. The van der Waals surface area contributed by atoms with E-state index in [4.69, 9.17) is 55.5 Å². The van der Waals surface area contributed by atoms with Crippen molar-refractivity contribution in [1.29, 1.82) is 0 Å². The van der Waals surface area contributed by atoms with Gasteiger partial charge in [0.05, 0.1) is 13.2 Å². The van der Waals surface area contributed by atoms with Crippen LogP contribution >= 0.6 is 54.0 Å². The predicted molar refractivity (Wildman–Crippen MR) is 65.7 cm³/mol. The fourth-order valence-corrected chi connectivity index (χ4v) is 2.60. The normalized spacial score (nSPS) is 12.3. The van der Waals surface area contributed by atoms with E-state index in [2.05, 4.69) is 0 Å². The monoisotopic (exact) mass is 316 g/mol. The summed E-state index contributed by atoms with van der Waals surface area (Å²) in [6.45, 7) is 0.412. The molecule has 0 aromatic heterocycles. The molecule has 8 heteroatoms. The van der Waals surface area contributed by atoms with Crippen LogP contribution < -0.4 is 0 Å². The molecule has 0 aliphatic heterocycles. The molecule has 0 aliphatic carbocycles. The molecule has 0 fully saturated rings. The Kier molecular flexibility index (Phi) is 10.2. The Labute approximate surface area is 110 Å². The molecule has 3 nitrogen and oxygen atoms in total. The van der Waals surface area contributed by atoms with Gasteiger partial charge in [0.1, 0.15) is 0 Å². The van der Waals surface area contributed by atoms with Crippen LogP contribution in [0, 0.1) is 0 Å². The molecule has 0 heterocycles. The minimum Gasteiger partial charge on any atom is -0.307 e. The minimum absolute atomic E-state index is 0.206. The first kappa shape index (κ1) is 16.3. The standard InChI is InChI=1S/C7H13Cl4O3P/c8-3-1-5-13-15(12,7(10)11)14-6-2-4-9/h7H,1-6H2. The Hall–Kier alpha value is 1.31. The largest absolute Gasteiger partial charge is 0.363 e. The second-order valence-corrected chi connectivity index (χ2v) is 7.14. The van der Waals surface area contributed by atoms with Gasteiger partial charge in [-0.25, -0.2) is 0 Å². The van der Waals surface area contributed by atoms with Gasteiger partial charge in [-0.15, -0.1) is 23.2 Å². The summed E-state index contributed by atoms with van der Waals surface area (Å²) in [5, 5.41) is 0. The van der Waals surface area contributed by atoms with E-state index in [9.17, 15) is 4.57 Å². The van der Waals surface area contributed by atoms with Gasteiger partial charge in [-0.3, -0.25) is 4.57 Å². The van der Waals surface area contributed by atoms with Crippen LogP contribution in [0.4, 0.5) is 0 Å². The molecule has 15 heavy (non-hydrogen) atoms. The highest BCUT2D eigenvalue weighted by Gasteiger charge is 2.32. The van der Waals surface area contributed by atoms with Gasteiger partial charge in [0.25, 0.3) is 0 Å². The van der Waals surface area contributed by atoms with Crippen molar-refractivity contribution in [3.63, 3.8) is 0 Å². The van der Waals surface area contributed by atoms with Crippen LogP contribution in [-0.2, 0) is 13.6 Å². The van der Waals surface area contributed by atoms with Crippen molar-refractivity contribution in [2.24, 2.45) is 0 Å². The van der Waals surface area contributed by atoms with Crippen molar-refractivity contribution in [2.45, 2.75) is 17.4 Å². The average Bonchev–Trinajstić information content (AvgIpc) is 2.18. The molecule has 0 aromatic rings. The van der Waals surface area contributed by atoms with Crippen molar-refractivity contribution in [3.8, 4) is 0 Å². The van der Waals surface area contributed by atoms with Gasteiger partial charge in [0, 0.05) is 11.8 Å². The maximum atomic E-state index is 11.9. The maximum absolute atomic E-state index is 11.9. The van der Waals surface area contributed by atoms with E-state index in [-0.39, 0.29) is 13.2 Å². The van der Waals surface area contributed by atoms with Gasteiger partial charge in [0.2, 0.25) is 4.58 Å². The first-order chi connectivity index (χ1) is 7.06. The van der Waals surface area contributed by atoms with E-state index < -0.39 is 12.2 Å². The Balaban J connectivity index is 4.02. The van der Waals surface area contributed by atoms with Crippen molar-refractivity contribution in [3.05, 3.63) is 0 Å². The van der Waals surface area contributed by atoms with E-state index in [1.807, 2.05) is 0 Å². The third-order valence-electron chi connectivity index (χ3n) is 1.34. The summed E-state index contributed by atoms with van der Waals surface area (Å²) >= 11 is 21.9. The molecule has 0 saturated heterocycles. The first-order valence-electron chi connectivity index (χ1n) is 4.35. The number of hydrogen-bond donors (Lipinski definition) is 0. The molecule has 0 aromatic carbocycles. The molecule has 0 saturated carbocycles. The summed E-state index contributed by atoms with van der Waals surface area (Å²) in [6, 6.07) is 0. The summed E-state index contributed by atoms with van der Waals surface area (Å²) in [5.74, 6) is 0.827. The highest BCUT2D eigenvalue weighted by molar-refractivity contribution is 7.58. The fraction of sp³-hybridized carbons (Fsp3) is 1.00. The Morgan fingerprint density at radius 2 is 1.40 bits per heavy atom. The van der Waals surface area contributed by atoms with Crippen LogP contribution in [0.15, 0.2) is 0 Å². The molecule has 0 radical (unpaired) electrons. The lowest BCUT2D eigenvalue weighted by Crippen LogP contribution is -2.05. The molecule has 0 amide bonds. The van der Waals surface area contributed by atoms with Gasteiger partial charge in [-0.2, -0.15) is 0 Å². The Morgan fingerprint density at radius 3 is 1.67 bits per heavy atom. The van der Waals surface area contributed by atoms with Crippen molar-refractivity contribution in [1.82, 2.24) is 0 Å². The fourth-order valence-electron chi connectivity index (χ4n) is 0.643. The smallest absolute Gasteiger partial charge is 0.307 e. The van der Waals surface area contributed by atoms with Crippen LogP contribution in [0.3, 0.4) is 0 Å². The first-order valence-corrected chi connectivity index (χ1v) is 7.91. The van der Waals surface area contributed by atoms with E-state index in [0.717, 1.165) is 0 Å². The quantitative estimate of drug-likeness (QED) is 0.362. The zero-order valence-electron chi connectivity index (χ0n) is 8.00. The van der Waals surface area contributed by atoms with E-state index in [1.54, 1.807) is 0 Å². The van der Waals surface area contributed by atoms with Crippen LogP contribution in [0.1, 0.15) is 12.8 Å². The second kappa shape index (κ2) is 9.35. The van der Waals surface area contributed by atoms with E-state index >= 15 is 0 Å². The zero-order chi connectivity index (χ0) is 11.7. The van der Waals surface area contributed by atoms with Crippen molar-refractivity contribution >= 4 is 54.0 Å². The molecule has 0 rings (SSSR count). The molecule has 0 aliphatic rings. The molecular weight excluding hydrogens is 305 g/mol. The van der Waals surface area contributed by atoms with Crippen LogP contribution in [0.25, 0.3) is 0 Å². The lowest BCUT2D eigenvalue weighted by Gasteiger charge is -2.18. The number of rotatable bonds is 9. The van der Waals surface area contributed by atoms with Gasteiger partial charge >= 0.3 is 7.60 Å². The predicted octanol–water partition coefficient (Wildman–Crippen LogP) is 4.23. The number of hydrogen-bond acceptors (Lipinski definition) is 3. The number of halogens is 4. The third-order valence-corrected chi connectivity index (χ3v) is 4.87. The summed E-state index contributed by atoms with van der Waals surface area (Å²) in [7, 11) is -3.44. The highest BCUT2D eigenvalue weighted by atomic mass is 35.5. The topological polar surface area (TPSA) is 35.5 Å². The Morgan fingerprint density at radius 1 is 1.00 bits per heavy atom. The van der Waals surface area contributed by atoms with E-state index in [0.29, 0.717) is 24.6 Å². The van der Waals surface area contributed by atoms with Crippen LogP contribution in [0.2, 0.25) is 0 Å². The third kappa shape index (κ3) is 7.27. The zero-order valence-corrected chi connectivity index (χ0v) is 11.9. The van der Waals surface area contributed by atoms with Gasteiger partial charge in [-0.1, -0.05) is 23.2 Å². The lowest BCUT2D eigenvalue weighted by atomic mass is 10.5. The van der Waals surface area contributed by atoms with E-state index in [1.165, 1.54) is 0 Å². The second-order valence-electron chi connectivity index (χ2n) is 2.57. The van der Waals surface area contributed by atoms with Crippen LogP contribution in [0.5, 0.6) is 0 Å². The van der Waals surface area contributed by atoms with Gasteiger partial charge < -0.3 is 9.05 Å². The summed E-state index contributed by atoms with van der Waals surface area (Å²) in [4.78, 5) is 0. The summed E-state index contributed by atoms with van der Waals surface area (Å²) in [5.41, 5.74) is 0. The van der Waals surface area contributed by atoms with Crippen LogP contribution in [-0.4, -0.2) is 29.6 Å². The van der Waals surface area contributed by atoms with Crippen molar-refractivity contribution in [2.75, 3.05) is 25.0 Å². The summed E-state index contributed by atoms with van der Waals surface area (Å²) < 4.78 is 20.7. The molecule has 0 bridgehead atoms. The molecular formula is C7H13Cl4O3P.